The fraction of sp³-hybridized carbons (Fsp3) is 0.320. The molecule has 3 rings (SSSR count). The zero-order valence-corrected chi connectivity index (χ0v) is 19.1. The van der Waals surface area contributed by atoms with Gasteiger partial charge in [-0.25, -0.2) is 5.48 Å². The second-order valence-electron chi connectivity index (χ2n) is 8.34. The van der Waals surface area contributed by atoms with Gasteiger partial charge in [0.15, 0.2) is 5.78 Å². The van der Waals surface area contributed by atoms with Crippen LogP contribution in [0.2, 0.25) is 0 Å². The van der Waals surface area contributed by atoms with E-state index in [9.17, 15) is 40.7 Å². The number of fused-ring (bicyclic) bond motifs is 1. The monoisotopic (exact) mass is 526 g/mol. The van der Waals surface area contributed by atoms with Crippen molar-refractivity contribution in [3.63, 3.8) is 0 Å². The number of unbranched alkanes of at least 4 members (excludes halogenated alkanes) is 1. The molecule has 3 N–H and O–H groups in total. The smallest absolute Gasteiger partial charge is 0.319 e. The van der Waals surface area contributed by atoms with Gasteiger partial charge in [-0.3, -0.25) is 19.6 Å². The zero-order chi connectivity index (χ0) is 27.4. The molecule has 0 saturated heterocycles. The lowest BCUT2D eigenvalue weighted by atomic mass is 9.83. The van der Waals surface area contributed by atoms with E-state index in [0.29, 0.717) is 30.5 Å². The number of rotatable bonds is 7. The fourth-order valence-corrected chi connectivity index (χ4v) is 3.74. The summed E-state index contributed by atoms with van der Waals surface area (Å²) >= 11 is 0. The second-order valence-corrected chi connectivity index (χ2v) is 8.34. The highest BCUT2D eigenvalue weighted by molar-refractivity contribution is 6.14. The minimum Gasteiger partial charge on any atom is -0.319 e. The van der Waals surface area contributed by atoms with Crippen LogP contribution >= 0.6 is 0 Å². The van der Waals surface area contributed by atoms with Crippen LogP contribution in [-0.2, 0) is 26.7 Å². The van der Waals surface area contributed by atoms with Gasteiger partial charge in [0.25, 0.3) is 0 Å². The fourth-order valence-electron chi connectivity index (χ4n) is 3.74. The summed E-state index contributed by atoms with van der Waals surface area (Å²) in [5.74, 6) is -1.55. The molecule has 37 heavy (non-hydrogen) atoms. The third kappa shape index (κ3) is 7.33. The molecule has 12 heteroatoms. The quantitative estimate of drug-likeness (QED) is 0.114. The standard InChI is InChI=1S/C25H20F6N2O4/c26-24(27,28)17-10-14(11-18(13-17)25(29,30)31)9-16-6-5-15-12-19(7-8-20(15)23(16)36)32-21(34)3-1-2-4-22(35)33-37/h9-13,37H,1-6H2,(H,32,34)(H,33,35)/b16-9+. The number of benzene rings is 1. The van der Waals surface area contributed by atoms with Gasteiger partial charge in [0.1, 0.15) is 0 Å². The van der Waals surface area contributed by atoms with Crippen LogP contribution in [0.1, 0.15) is 55.2 Å². The molecule has 0 unspecified atom stereocenters. The predicted molar refractivity (Wildman–Crippen MR) is 117 cm³/mol. The Morgan fingerprint density at radius 2 is 1.51 bits per heavy atom. The van der Waals surface area contributed by atoms with Crippen molar-refractivity contribution in [2.75, 3.05) is 0 Å². The molecule has 0 bridgehead atoms. The Hall–Kier alpha value is -3.85. The highest BCUT2D eigenvalue weighted by Gasteiger charge is 2.37. The summed E-state index contributed by atoms with van der Waals surface area (Å²) in [5.41, 5.74) is 4.19. The van der Waals surface area contributed by atoms with Crippen LogP contribution in [0.3, 0.4) is 0 Å². The van der Waals surface area contributed by atoms with E-state index >= 15 is 0 Å². The van der Waals surface area contributed by atoms with Crippen LogP contribution in [0.5, 0.6) is 0 Å². The first-order valence-electron chi connectivity index (χ1n) is 11.0. The maximum absolute atomic E-state index is 13.1. The number of hydrogen-bond donors (Lipinski definition) is 3. The van der Waals surface area contributed by atoms with Gasteiger partial charge in [0, 0.05) is 18.4 Å². The maximum atomic E-state index is 13.1. The maximum Gasteiger partial charge on any atom is 0.416 e. The Labute approximate surface area is 206 Å². The van der Waals surface area contributed by atoms with E-state index in [0.717, 1.165) is 6.08 Å². The Bertz CT molecular complexity index is 1260. The highest BCUT2D eigenvalue weighted by Crippen LogP contribution is 2.38. The van der Waals surface area contributed by atoms with Crippen molar-refractivity contribution in [1.82, 2.24) is 10.8 Å². The molecule has 6 nitrogen and oxygen atoms in total. The van der Waals surface area contributed by atoms with Crippen LogP contribution < -0.4 is 10.8 Å². The van der Waals surface area contributed by atoms with Crippen LogP contribution in [0.25, 0.3) is 6.08 Å². The van der Waals surface area contributed by atoms with Gasteiger partial charge in [-0.05, 0) is 72.9 Å². The van der Waals surface area contributed by atoms with Crippen molar-refractivity contribution in [1.29, 1.82) is 0 Å². The van der Waals surface area contributed by atoms with Crippen molar-refractivity contribution in [3.8, 4) is 0 Å². The van der Waals surface area contributed by atoms with Crippen LogP contribution in [0.4, 0.5) is 26.3 Å². The van der Waals surface area contributed by atoms with Gasteiger partial charge in [-0.1, -0.05) is 5.73 Å². The molecule has 2 aliphatic carbocycles. The normalized spacial score (nSPS) is 16.6. The van der Waals surface area contributed by atoms with E-state index < -0.39 is 40.7 Å². The van der Waals surface area contributed by atoms with Gasteiger partial charge in [-0.2, -0.15) is 26.3 Å². The van der Waals surface area contributed by atoms with E-state index in [4.69, 9.17) is 5.21 Å². The first-order chi connectivity index (χ1) is 17.3. The number of amides is 2. The summed E-state index contributed by atoms with van der Waals surface area (Å²) in [4.78, 5) is 35.9. The second kappa shape index (κ2) is 11.0. The average molecular weight is 526 g/mol. The number of ketones is 1. The van der Waals surface area contributed by atoms with Crippen molar-refractivity contribution in [2.45, 2.75) is 50.9 Å². The molecule has 1 saturated carbocycles. The number of alkyl halides is 6. The van der Waals surface area contributed by atoms with Gasteiger partial charge >= 0.3 is 12.4 Å². The number of carbonyl (C=O) groups is 3. The van der Waals surface area contributed by atoms with Gasteiger partial charge in [0.2, 0.25) is 11.8 Å². The minimum atomic E-state index is -5.00. The Balaban J connectivity index is 1.79. The third-order valence-electron chi connectivity index (χ3n) is 5.55. The largest absolute Gasteiger partial charge is 0.416 e. The molecule has 1 aromatic rings. The van der Waals surface area contributed by atoms with E-state index in [1.54, 1.807) is 0 Å². The zero-order valence-electron chi connectivity index (χ0n) is 19.1. The van der Waals surface area contributed by atoms with Crippen molar-refractivity contribution in [3.05, 3.63) is 74.8 Å². The number of hydroxylamine groups is 1. The van der Waals surface area contributed by atoms with E-state index in [-0.39, 0.29) is 54.5 Å². The first kappa shape index (κ1) is 27.7. The molecule has 0 atom stereocenters. The summed E-state index contributed by atoms with van der Waals surface area (Å²) in [5, 5.41) is 11.0. The number of Topliss-reactive ketones (excluding diaryl/α,β-unsaturated/α-hetero) is 1. The number of allylic oxidation sites excluding steroid dienone is 4. The van der Waals surface area contributed by atoms with E-state index in [1.165, 1.54) is 11.6 Å². The van der Waals surface area contributed by atoms with Crippen molar-refractivity contribution >= 4 is 23.7 Å². The lowest BCUT2D eigenvalue weighted by Crippen LogP contribution is -2.23. The topological polar surface area (TPSA) is 95.5 Å². The molecule has 1 fully saturated rings. The number of carbonyl (C=O) groups excluding carboxylic acids is 3. The summed E-state index contributed by atoms with van der Waals surface area (Å²) in [6.07, 6.45) is -6.30. The van der Waals surface area contributed by atoms with Gasteiger partial charge < -0.3 is 5.32 Å². The minimum absolute atomic E-state index is 0.0183. The van der Waals surface area contributed by atoms with E-state index in [1.807, 2.05) is 0 Å². The molecule has 0 spiro atoms. The molecule has 1 aromatic carbocycles. The molecular formula is C25H20F6N2O4. The molecule has 0 heterocycles. The molecule has 0 aromatic heterocycles. The third-order valence-corrected chi connectivity index (χ3v) is 5.55. The number of halogens is 6. The average Bonchev–Trinajstić information content (AvgIpc) is 2.82. The lowest BCUT2D eigenvalue weighted by molar-refractivity contribution is -0.143. The SMILES string of the molecule is O=C(CCCCC(=O)NC1=C=C=C2C(=O)/C(=C/c3cc(C(F)(F)F)cc(C(F)(F)F)c3)CCC2=C1)NO. The molecule has 2 aliphatic rings. The summed E-state index contributed by atoms with van der Waals surface area (Å²) in [6.45, 7) is 0. The first-order valence-corrected chi connectivity index (χ1v) is 11.0. The van der Waals surface area contributed by atoms with Crippen LogP contribution in [0, 0.1) is 0 Å². The van der Waals surface area contributed by atoms with Gasteiger partial charge in [0.05, 0.1) is 22.4 Å². The van der Waals surface area contributed by atoms with Gasteiger partial charge in [-0.15, -0.1) is 0 Å². The molecule has 196 valence electrons. The lowest BCUT2D eigenvalue weighted by Gasteiger charge is -2.20. The summed E-state index contributed by atoms with van der Waals surface area (Å²) in [7, 11) is 0. The molecule has 2 amide bonds. The van der Waals surface area contributed by atoms with E-state index in [2.05, 4.69) is 16.8 Å². The molecule has 0 radical (unpaired) electrons. The Morgan fingerprint density at radius 3 is 2.08 bits per heavy atom. The Morgan fingerprint density at radius 1 is 0.919 bits per heavy atom. The molecule has 0 aliphatic heterocycles. The predicted octanol–water partition coefficient (Wildman–Crippen LogP) is 5.16. The summed E-state index contributed by atoms with van der Waals surface area (Å²) in [6, 6.07) is 1.12. The molecular weight excluding hydrogens is 506 g/mol. The highest BCUT2D eigenvalue weighted by atomic mass is 19.4. The van der Waals surface area contributed by atoms with Crippen LogP contribution in [0.15, 0.2) is 58.2 Å². The summed E-state index contributed by atoms with van der Waals surface area (Å²) < 4.78 is 78.8. The van der Waals surface area contributed by atoms with Crippen molar-refractivity contribution in [2.24, 2.45) is 0 Å². The Kier molecular flexibility index (Phi) is 8.28. The number of hydrogen-bond acceptors (Lipinski definition) is 4. The number of nitrogens with one attached hydrogen (secondary N) is 2. The van der Waals surface area contributed by atoms with Crippen molar-refractivity contribution < 1.29 is 45.9 Å². The van der Waals surface area contributed by atoms with Crippen LogP contribution in [-0.4, -0.2) is 22.8 Å².